The molecule has 0 bridgehead atoms. The second-order valence-electron chi connectivity index (χ2n) is 8.98. The fourth-order valence-corrected chi connectivity index (χ4v) is 4.83. The Morgan fingerprint density at radius 2 is 2.03 bits per heavy atom. The van der Waals surface area contributed by atoms with Crippen LogP contribution in [0, 0.1) is 5.82 Å². The molecule has 35 heavy (non-hydrogen) atoms. The minimum atomic E-state index is -0.346. The Balaban J connectivity index is 1.56. The molecule has 0 spiro atoms. The first kappa shape index (κ1) is 23.5. The van der Waals surface area contributed by atoms with Crippen molar-refractivity contribution in [2.45, 2.75) is 6.04 Å². The Kier molecular flexibility index (Phi) is 6.60. The highest BCUT2D eigenvalue weighted by Crippen LogP contribution is 2.34. The molecular weight excluding hydrogens is 469 g/mol. The van der Waals surface area contributed by atoms with Gasteiger partial charge in [-0.1, -0.05) is 23.7 Å². The smallest absolute Gasteiger partial charge is 0.251 e. The minimum absolute atomic E-state index is 0.179. The van der Waals surface area contributed by atoms with Crippen molar-refractivity contribution in [1.29, 1.82) is 0 Å². The minimum Gasteiger partial charge on any atom is -0.378 e. The molecule has 0 amide bonds. The SMILES string of the molecule is CN(C)CC(c1cccc(Cl)c1)n1ccc(-c2c[nH]c3ncc(N4CCOCC4)c(F)c23)cc1=O. The van der Waals surface area contributed by atoms with Gasteiger partial charge in [0.05, 0.1) is 36.5 Å². The largest absolute Gasteiger partial charge is 0.378 e. The van der Waals surface area contributed by atoms with Gasteiger partial charge in [0.2, 0.25) is 0 Å². The Bertz CT molecular complexity index is 1410. The van der Waals surface area contributed by atoms with Crippen molar-refractivity contribution in [3.05, 3.63) is 81.7 Å². The zero-order valence-electron chi connectivity index (χ0n) is 19.7. The standard InChI is InChI=1S/C26H27ClFN5O2/c1-31(2)16-22(18-4-3-5-19(27)12-18)33-7-6-17(13-23(33)34)20-14-29-26-24(20)25(28)21(15-30-26)32-8-10-35-11-9-32/h3-7,12-15,22H,8-11,16H2,1-2H3,(H,29,30). The summed E-state index contributed by atoms with van der Waals surface area (Å²) in [6.07, 6.45) is 5.03. The second-order valence-corrected chi connectivity index (χ2v) is 9.41. The number of benzene rings is 1. The van der Waals surface area contributed by atoms with Gasteiger partial charge in [-0.05, 0) is 43.4 Å². The number of morpholine rings is 1. The molecule has 5 rings (SSSR count). The number of halogens is 2. The van der Waals surface area contributed by atoms with E-state index in [1.165, 1.54) is 0 Å². The molecule has 1 N–H and O–H groups in total. The summed E-state index contributed by atoms with van der Waals surface area (Å²) in [4.78, 5) is 24.8. The molecule has 1 aliphatic heterocycles. The Morgan fingerprint density at radius 3 is 2.74 bits per heavy atom. The van der Waals surface area contributed by atoms with Crippen molar-refractivity contribution in [3.8, 4) is 11.1 Å². The second kappa shape index (κ2) is 9.81. The third-order valence-corrected chi connectivity index (χ3v) is 6.57. The van der Waals surface area contributed by atoms with E-state index < -0.39 is 0 Å². The third-order valence-electron chi connectivity index (χ3n) is 6.34. The van der Waals surface area contributed by atoms with E-state index in [0.717, 1.165) is 5.56 Å². The predicted octanol–water partition coefficient (Wildman–Crippen LogP) is 4.17. The normalized spacial score (nSPS) is 15.2. The number of likely N-dealkylation sites (N-methyl/N-ethyl adjacent to an activating group) is 1. The predicted molar refractivity (Wildman–Crippen MR) is 137 cm³/mol. The van der Waals surface area contributed by atoms with Crippen molar-refractivity contribution in [1.82, 2.24) is 19.4 Å². The third kappa shape index (κ3) is 4.69. The molecule has 4 heterocycles. The topological polar surface area (TPSA) is 66.4 Å². The van der Waals surface area contributed by atoms with E-state index in [4.69, 9.17) is 16.3 Å². The number of rotatable bonds is 6. The summed E-state index contributed by atoms with van der Waals surface area (Å²) in [6.45, 7) is 2.94. The van der Waals surface area contributed by atoms with Crippen molar-refractivity contribution >= 4 is 28.3 Å². The quantitative estimate of drug-likeness (QED) is 0.435. The van der Waals surface area contributed by atoms with E-state index in [1.54, 1.807) is 29.2 Å². The lowest BCUT2D eigenvalue weighted by molar-refractivity contribution is 0.122. The number of pyridine rings is 2. The number of aromatic amines is 1. The first-order valence-corrected chi connectivity index (χ1v) is 11.9. The molecule has 0 saturated carbocycles. The lowest BCUT2D eigenvalue weighted by Crippen LogP contribution is -2.36. The molecular formula is C26H27ClFN5O2. The van der Waals surface area contributed by atoms with Crippen LogP contribution in [0.2, 0.25) is 5.02 Å². The molecule has 7 nitrogen and oxygen atoms in total. The highest BCUT2D eigenvalue weighted by atomic mass is 35.5. The number of aromatic nitrogens is 3. The fourth-order valence-electron chi connectivity index (χ4n) is 4.63. The number of anilines is 1. The van der Waals surface area contributed by atoms with Gasteiger partial charge in [0, 0.05) is 48.7 Å². The maximum absolute atomic E-state index is 15.7. The molecule has 9 heteroatoms. The maximum Gasteiger partial charge on any atom is 0.251 e. The molecule has 0 aliphatic carbocycles. The molecule has 1 saturated heterocycles. The molecule has 1 aromatic carbocycles. The number of nitrogens with one attached hydrogen (secondary N) is 1. The number of ether oxygens (including phenoxy) is 1. The zero-order valence-corrected chi connectivity index (χ0v) is 20.4. The van der Waals surface area contributed by atoms with Crippen LogP contribution >= 0.6 is 11.6 Å². The van der Waals surface area contributed by atoms with Gasteiger partial charge in [0.15, 0.2) is 5.82 Å². The van der Waals surface area contributed by atoms with Crippen LogP contribution in [-0.2, 0) is 4.74 Å². The van der Waals surface area contributed by atoms with Crippen molar-refractivity contribution < 1.29 is 9.13 Å². The van der Waals surface area contributed by atoms with Crippen molar-refractivity contribution in [2.24, 2.45) is 0 Å². The lowest BCUT2D eigenvalue weighted by atomic mass is 10.0. The van der Waals surface area contributed by atoms with Crippen LogP contribution in [0.15, 0.2) is 59.8 Å². The van der Waals surface area contributed by atoms with Gasteiger partial charge in [0.25, 0.3) is 5.56 Å². The lowest BCUT2D eigenvalue weighted by Gasteiger charge is -2.28. The average Bonchev–Trinajstić information content (AvgIpc) is 3.28. The molecule has 1 fully saturated rings. The molecule has 182 valence electrons. The highest BCUT2D eigenvalue weighted by Gasteiger charge is 2.22. The van der Waals surface area contributed by atoms with E-state index in [1.807, 2.05) is 54.2 Å². The van der Waals surface area contributed by atoms with Crippen molar-refractivity contribution in [3.63, 3.8) is 0 Å². The Hall–Kier alpha value is -3.20. The van der Waals surface area contributed by atoms with Gasteiger partial charge < -0.3 is 24.1 Å². The summed E-state index contributed by atoms with van der Waals surface area (Å²) in [5.41, 5.74) is 2.90. The summed E-state index contributed by atoms with van der Waals surface area (Å²) >= 11 is 6.23. The van der Waals surface area contributed by atoms with Crippen LogP contribution in [-0.4, -0.2) is 66.4 Å². The highest BCUT2D eigenvalue weighted by molar-refractivity contribution is 6.30. The van der Waals surface area contributed by atoms with Crippen LogP contribution in [0.5, 0.6) is 0 Å². The monoisotopic (exact) mass is 495 g/mol. The summed E-state index contributed by atoms with van der Waals surface area (Å²) in [5, 5.41) is 1.000. The number of H-pyrrole nitrogens is 1. The van der Waals surface area contributed by atoms with Gasteiger partial charge in [0.1, 0.15) is 5.65 Å². The van der Waals surface area contributed by atoms with Crippen LogP contribution in [0.3, 0.4) is 0 Å². The molecule has 0 radical (unpaired) electrons. The van der Waals surface area contributed by atoms with Crippen LogP contribution in [0.1, 0.15) is 11.6 Å². The molecule has 1 aliphatic rings. The summed E-state index contributed by atoms with van der Waals surface area (Å²) in [6, 6.07) is 10.7. The molecule has 1 unspecified atom stereocenters. The summed E-state index contributed by atoms with van der Waals surface area (Å²) in [7, 11) is 3.93. The average molecular weight is 496 g/mol. The van der Waals surface area contributed by atoms with Gasteiger partial charge in [-0.15, -0.1) is 0 Å². The van der Waals surface area contributed by atoms with E-state index in [-0.39, 0.29) is 17.4 Å². The fraction of sp³-hybridized carbons (Fsp3) is 0.308. The first-order valence-electron chi connectivity index (χ1n) is 11.5. The van der Waals surface area contributed by atoms with Gasteiger partial charge in [-0.2, -0.15) is 0 Å². The zero-order chi connectivity index (χ0) is 24.5. The first-order chi connectivity index (χ1) is 16.9. The molecule has 3 aromatic heterocycles. The summed E-state index contributed by atoms with van der Waals surface area (Å²) in [5.74, 6) is -0.346. The van der Waals surface area contributed by atoms with Gasteiger partial charge in [-0.25, -0.2) is 9.37 Å². The number of hydrogen-bond acceptors (Lipinski definition) is 5. The van der Waals surface area contributed by atoms with Crippen LogP contribution < -0.4 is 10.5 Å². The van der Waals surface area contributed by atoms with Crippen LogP contribution in [0.4, 0.5) is 10.1 Å². The van der Waals surface area contributed by atoms with Crippen molar-refractivity contribution in [2.75, 3.05) is 51.8 Å². The van der Waals surface area contributed by atoms with Gasteiger partial charge >= 0.3 is 0 Å². The molecule has 4 aromatic rings. The van der Waals surface area contributed by atoms with E-state index in [0.29, 0.717) is 65.7 Å². The van der Waals surface area contributed by atoms with E-state index in [2.05, 4.69) is 9.97 Å². The van der Waals surface area contributed by atoms with E-state index >= 15 is 4.39 Å². The Labute approximate surface area is 207 Å². The summed E-state index contributed by atoms with van der Waals surface area (Å²) < 4.78 is 22.8. The van der Waals surface area contributed by atoms with Crippen LogP contribution in [0.25, 0.3) is 22.2 Å². The number of hydrogen-bond donors (Lipinski definition) is 1. The number of nitrogens with zero attached hydrogens (tertiary/aromatic N) is 4. The van der Waals surface area contributed by atoms with Gasteiger partial charge in [-0.3, -0.25) is 4.79 Å². The Morgan fingerprint density at radius 1 is 1.23 bits per heavy atom. The maximum atomic E-state index is 15.7. The van der Waals surface area contributed by atoms with E-state index in [9.17, 15) is 4.79 Å². The molecule has 1 atom stereocenters. The number of fused-ring (bicyclic) bond motifs is 1.